The maximum Gasteiger partial charge on any atom is 1.00 e. The maximum atomic E-state index is 13.8. The van der Waals surface area contributed by atoms with Crippen molar-refractivity contribution in [1.29, 1.82) is 0 Å². The summed E-state index contributed by atoms with van der Waals surface area (Å²) in [7, 11) is 0. The van der Waals surface area contributed by atoms with Gasteiger partial charge < -0.3 is 25.9 Å². The third kappa shape index (κ3) is 9.95. The first-order chi connectivity index (χ1) is 10.6. The fourth-order valence-electron chi connectivity index (χ4n) is 1.75. The third-order valence-electron chi connectivity index (χ3n) is 3.00. The Balaban J connectivity index is 0.00000484. The Hall–Kier alpha value is -0.651. The van der Waals surface area contributed by atoms with Gasteiger partial charge in [0, 0.05) is 0 Å². The molecule has 6 heteroatoms. The van der Waals surface area contributed by atoms with Crippen molar-refractivity contribution in [1.82, 2.24) is 0 Å². The molecule has 0 saturated carbocycles. The van der Waals surface area contributed by atoms with Crippen LogP contribution in [0.15, 0.2) is 18.2 Å². The van der Waals surface area contributed by atoms with Crippen molar-refractivity contribution in [3.05, 3.63) is 36.5 Å². The summed E-state index contributed by atoms with van der Waals surface area (Å²) in [5.74, 6) is 0.223. The van der Waals surface area contributed by atoms with Crippen LogP contribution in [0.3, 0.4) is 0 Å². The molecule has 0 heterocycles. The predicted octanol–water partition coefficient (Wildman–Crippen LogP) is 3.21. The van der Waals surface area contributed by atoms with E-state index in [1.807, 2.05) is 19.9 Å². The van der Waals surface area contributed by atoms with Crippen molar-refractivity contribution in [2.75, 3.05) is 46.2 Å². The van der Waals surface area contributed by atoms with Gasteiger partial charge in [-0.2, -0.15) is 0 Å². The zero-order chi connectivity index (χ0) is 16.2. The Labute approximate surface area is 149 Å². The molecule has 1 rings (SSSR count). The van der Waals surface area contributed by atoms with Gasteiger partial charge in [-0.25, -0.2) is 4.39 Å². The summed E-state index contributed by atoms with van der Waals surface area (Å²) in [6.45, 7) is 10.8. The van der Waals surface area contributed by atoms with E-state index in [4.69, 9.17) is 18.9 Å². The molecule has 136 valence electrons. The Kier molecular flexibility index (Phi) is 13.4. The summed E-state index contributed by atoms with van der Waals surface area (Å²) in [5.41, 5.74) is 0.959. The minimum absolute atomic E-state index is 0. The molecule has 0 unspecified atom stereocenters. The second-order valence-electron chi connectivity index (χ2n) is 5.03. The van der Waals surface area contributed by atoms with Gasteiger partial charge in [0.05, 0.1) is 33.0 Å². The predicted molar refractivity (Wildman–Crippen MR) is 83.8 cm³/mol. The van der Waals surface area contributed by atoms with E-state index in [-0.39, 0.29) is 28.6 Å². The van der Waals surface area contributed by atoms with E-state index in [0.29, 0.717) is 52.2 Å². The summed E-state index contributed by atoms with van der Waals surface area (Å²) in [5, 5.41) is 0. The van der Waals surface area contributed by atoms with Crippen molar-refractivity contribution < 1.29 is 40.4 Å². The molecule has 4 nitrogen and oxygen atoms in total. The van der Waals surface area contributed by atoms with Crippen LogP contribution in [0, 0.1) is 12.7 Å². The summed E-state index contributed by atoms with van der Waals surface area (Å²) >= 11 is 0. The molecule has 0 amide bonds. The Morgan fingerprint density at radius 1 is 0.957 bits per heavy atom. The van der Waals surface area contributed by atoms with E-state index in [1.54, 1.807) is 6.07 Å². The van der Waals surface area contributed by atoms with E-state index in [2.05, 4.69) is 6.92 Å². The number of hydrogen-bond acceptors (Lipinski definition) is 4. The van der Waals surface area contributed by atoms with Gasteiger partial charge in [0.2, 0.25) is 0 Å². The Morgan fingerprint density at radius 3 is 2.04 bits per heavy atom. The normalized spacial score (nSPS) is 10.7. The summed E-state index contributed by atoms with van der Waals surface area (Å²) in [6, 6.07) is 5.06. The van der Waals surface area contributed by atoms with Gasteiger partial charge in [-0.15, -0.1) is 0 Å². The number of ether oxygens (including phenoxy) is 4. The van der Waals surface area contributed by atoms with Gasteiger partial charge in [0.15, 0.2) is 11.6 Å². The molecule has 0 bridgehead atoms. The first-order valence-corrected chi connectivity index (χ1v) is 7.60. The summed E-state index contributed by atoms with van der Waals surface area (Å²) in [4.78, 5) is 0. The van der Waals surface area contributed by atoms with Gasteiger partial charge in [-0.1, -0.05) is 26.5 Å². The van der Waals surface area contributed by atoms with E-state index < -0.39 is 0 Å². The van der Waals surface area contributed by atoms with E-state index in [1.165, 1.54) is 6.07 Å². The molecule has 23 heavy (non-hydrogen) atoms. The van der Waals surface area contributed by atoms with Gasteiger partial charge in [-0.05, 0) is 23.6 Å². The van der Waals surface area contributed by atoms with Crippen LogP contribution >= 0.6 is 0 Å². The first-order valence-electron chi connectivity index (χ1n) is 7.60. The molecule has 0 aliphatic rings. The summed E-state index contributed by atoms with van der Waals surface area (Å²) in [6.07, 6.45) is 0. The van der Waals surface area contributed by atoms with Crippen molar-refractivity contribution in [3.63, 3.8) is 0 Å². The molecule has 0 aliphatic carbocycles. The molecular weight excluding hydrogens is 351 g/mol. The standard InChI is InChI=1S/C17H26FO4.Cu/c1-4-19-7-8-20-9-10-21-11-12-22-17-6-5-15(14(2)3)13-16(17)18;/h5-6,13-14H,1,4,7-12H2,2-3H3;/q-1;+1. The third-order valence-corrected chi connectivity index (χ3v) is 3.00. The van der Waals surface area contributed by atoms with E-state index in [0.717, 1.165) is 5.56 Å². The van der Waals surface area contributed by atoms with Crippen LogP contribution in [0.1, 0.15) is 25.3 Å². The zero-order valence-electron chi connectivity index (χ0n) is 13.8. The van der Waals surface area contributed by atoms with Crippen LogP contribution in [-0.4, -0.2) is 46.2 Å². The SMILES string of the molecule is [CH2-]COCCOCCOCCOc1ccc(C(C)C)cc1F.[Cu+]. The largest absolute Gasteiger partial charge is 1.00 e. The van der Waals surface area contributed by atoms with Crippen LogP contribution in [0.4, 0.5) is 4.39 Å². The van der Waals surface area contributed by atoms with Gasteiger partial charge in [-0.3, -0.25) is 0 Å². The fourth-order valence-corrected chi connectivity index (χ4v) is 1.75. The molecule has 0 aliphatic heterocycles. The molecule has 0 aromatic heterocycles. The smallest absolute Gasteiger partial charge is 0.488 e. The Morgan fingerprint density at radius 2 is 1.52 bits per heavy atom. The average Bonchev–Trinajstić information content (AvgIpc) is 2.50. The van der Waals surface area contributed by atoms with Crippen molar-refractivity contribution >= 4 is 0 Å². The van der Waals surface area contributed by atoms with E-state index in [9.17, 15) is 4.39 Å². The molecule has 0 atom stereocenters. The minimum atomic E-state index is -0.333. The molecule has 1 aromatic carbocycles. The molecule has 0 N–H and O–H groups in total. The molecule has 0 radical (unpaired) electrons. The molecule has 0 fully saturated rings. The Bertz CT molecular complexity index is 416. The molecule has 1 aromatic rings. The van der Waals surface area contributed by atoms with Crippen molar-refractivity contribution in [2.45, 2.75) is 19.8 Å². The summed E-state index contributed by atoms with van der Waals surface area (Å²) < 4.78 is 34.8. The van der Waals surface area contributed by atoms with Gasteiger partial charge >= 0.3 is 17.1 Å². The average molecular weight is 377 g/mol. The van der Waals surface area contributed by atoms with Crippen molar-refractivity contribution in [3.8, 4) is 5.75 Å². The first kappa shape index (κ1) is 22.3. The fraction of sp³-hybridized carbons (Fsp3) is 0.588. The maximum absolute atomic E-state index is 13.8. The van der Waals surface area contributed by atoms with Crippen LogP contribution < -0.4 is 4.74 Å². The van der Waals surface area contributed by atoms with Gasteiger partial charge in [0.1, 0.15) is 6.61 Å². The van der Waals surface area contributed by atoms with Crippen LogP contribution in [0.2, 0.25) is 0 Å². The number of benzene rings is 1. The minimum Gasteiger partial charge on any atom is -0.488 e. The second kappa shape index (κ2) is 13.8. The monoisotopic (exact) mass is 376 g/mol. The van der Waals surface area contributed by atoms with Crippen LogP contribution in [0.5, 0.6) is 5.75 Å². The van der Waals surface area contributed by atoms with Crippen LogP contribution in [0.25, 0.3) is 0 Å². The van der Waals surface area contributed by atoms with Crippen molar-refractivity contribution in [2.24, 2.45) is 0 Å². The zero-order valence-corrected chi connectivity index (χ0v) is 14.7. The quantitative estimate of drug-likeness (QED) is 0.319. The number of rotatable bonds is 12. The molecule has 0 spiro atoms. The number of halogens is 1. The topological polar surface area (TPSA) is 36.9 Å². The number of hydrogen-bond donors (Lipinski definition) is 0. The second-order valence-corrected chi connectivity index (χ2v) is 5.03. The van der Waals surface area contributed by atoms with E-state index >= 15 is 0 Å². The van der Waals surface area contributed by atoms with Gasteiger partial charge in [0.25, 0.3) is 0 Å². The van der Waals surface area contributed by atoms with Crippen LogP contribution in [-0.2, 0) is 31.3 Å². The molecular formula is C17H26CuFO4. The molecule has 0 saturated heterocycles.